The molecule has 0 aromatic heterocycles. The van der Waals surface area contributed by atoms with Crippen LogP contribution in [-0.2, 0) is 20.7 Å². The van der Waals surface area contributed by atoms with E-state index in [9.17, 15) is 20.2 Å². The van der Waals surface area contributed by atoms with Gasteiger partial charge in [-0.3, -0.25) is 15.1 Å². The molecule has 0 saturated heterocycles. The minimum absolute atomic E-state index is 0.0209. The number of hydroxylamine groups is 2. The second kappa shape index (κ2) is 5.26. The van der Waals surface area contributed by atoms with E-state index in [2.05, 4.69) is 10.3 Å². The predicted octanol–water partition coefficient (Wildman–Crippen LogP) is 2.66. The van der Waals surface area contributed by atoms with Gasteiger partial charge >= 0.3 is 16.9 Å². The summed E-state index contributed by atoms with van der Waals surface area (Å²) in [4.78, 5) is 35.4. The van der Waals surface area contributed by atoms with E-state index in [1.165, 1.54) is 0 Å². The summed E-state index contributed by atoms with van der Waals surface area (Å²) in [6.07, 6.45) is 0. The van der Waals surface area contributed by atoms with E-state index >= 15 is 0 Å². The number of benzene rings is 2. The van der Waals surface area contributed by atoms with Gasteiger partial charge in [0.2, 0.25) is 0 Å². The number of nitro groups is 1. The molecule has 2 bridgehead atoms. The van der Waals surface area contributed by atoms with Crippen LogP contribution in [0.5, 0.6) is 0 Å². The Hall–Kier alpha value is -4.12. The number of rotatable bonds is 1. The van der Waals surface area contributed by atoms with Gasteiger partial charge in [-0.2, -0.15) is 0 Å². The predicted molar refractivity (Wildman–Crippen MR) is 112 cm³/mol. The molecule has 8 rings (SSSR count). The SMILES string of the molecule is CC12c3ccccc3C(C)(c3ccccc31)[C@]1([N+](=O)[O-])C3=NO[N+](=O)C3=C3C(=NON3[O-])[C@H]21. The second-order valence-corrected chi connectivity index (χ2v) is 9.17. The minimum Gasteiger partial charge on any atom is -0.722 e. The van der Waals surface area contributed by atoms with Crippen LogP contribution in [0, 0.1) is 26.1 Å². The van der Waals surface area contributed by atoms with Gasteiger partial charge in [-0.1, -0.05) is 60.6 Å². The van der Waals surface area contributed by atoms with Gasteiger partial charge in [0.1, 0.15) is 11.6 Å². The van der Waals surface area contributed by atoms with Crippen LogP contribution in [0.1, 0.15) is 36.1 Å². The van der Waals surface area contributed by atoms with E-state index in [-0.39, 0.29) is 33.0 Å². The molecule has 4 aliphatic carbocycles. The first-order valence-electron chi connectivity index (χ1n) is 10.3. The van der Waals surface area contributed by atoms with E-state index in [0.29, 0.717) is 0 Å². The fourth-order valence-electron chi connectivity index (χ4n) is 7.03. The molecule has 2 atom stereocenters. The highest BCUT2D eigenvalue weighted by Gasteiger charge is 2.86. The second-order valence-electron chi connectivity index (χ2n) is 9.17. The van der Waals surface area contributed by atoms with Gasteiger partial charge in [0.25, 0.3) is 0 Å². The van der Waals surface area contributed by atoms with Crippen LogP contribution in [-0.4, -0.2) is 32.0 Å². The number of allylic oxidation sites excluding steroid dienone is 1. The number of hydrogen-bond donors (Lipinski definition) is 0. The molecule has 164 valence electrons. The Morgan fingerprint density at radius 3 is 2.18 bits per heavy atom. The van der Waals surface area contributed by atoms with Gasteiger partial charge < -0.3 is 5.21 Å². The van der Waals surface area contributed by atoms with Crippen LogP contribution in [0.3, 0.4) is 0 Å². The highest BCUT2D eigenvalue weighted by atomic mass is 17.0. The van der Waals surface area contributed by atoms with Crippen molar-refractivity contribution in [2.75, 3.05) is 0 Å². The Morgan fingerprint density at radius 2 is 1.61 bits per heavy atom. The first-order valence-corrected chi connectivity index (χ1v) is 10.3. The van der Waals surface area contributed by atoms with E-state index < -0.39 is 27.2 Å². The van der Waals surface area contributed by atoms with Crippen LogP contribution in [0.25, 0.3) is 0 Å². The number of fused-ring (bicyclic) bond motifs is 2. The number of oxime groups is 2. The molecule has 33 heavy (non-hydrogen) atoms. The van der Waals surface area contributed by atoms with Crippen LogP contribution in [0.4, 0.5) is 0 Å². The molecule has 2 heterocycles. The van der Waals surface area contributed by atoms with Crippen LogP contribution >= 0.6 is 0 Å². The summed E-state index contributed by atoms with van der Waals surface area (Å²) < 4.78 is 0. The summed E-state index contributed by atoms with van der Waals surface area (Å²) in [7, 11) is 0. The normalized spacial score (nSPS) is 34.3. The average Bonchev–Trinajstić information content (AvgIpc) is 3.38. The third-order valence-electron chi connectivity index (χ3n) is 8.21. The highest BCUT2D eigenvalue weighted by molar-refractivity contribution is 6.22. The number of hydrogen-bond acceptors (Lipinski definition) is 9. The standard InChI is InChI=1S/C22H15N5O6/c1-20-11-7-3-5-9-13(11)21(2,14-10-6-4-8-12(14)20)22(27(30)31)18(20)15-16(25(28)32-23-15)17-19(22)24-33-26(17)29/h3-10,18H,1-2H3/t18-,20?,21?,22-/m1/s1. The molecule has 2 aromatic rings. The van der Waals surface area contributed by atoms with E-state index in [1.807, 2.05) is 55.5 Å². The van der Waals surface area contributed by atoms with Gasteiger partial charge in [0.05, 0.1) is 5.41 Å². The van der Waals surface area contributed by atoms with E-state index in [0.717, 1.165) is 22.3 Å². The van der Waals surface area contributed by atoms with Gasteiger partial charge in [-0.15, -0.1) is 0 Å². The summed E-state index contributed by atoms with van der Waals surface area (Å²) in [5.74, 6) is -0.999. The van der Waals surface area contributed by atoms with Crippen LogP contribution < -0.4 is 0 Å². The highest BCUT2D eigenvalue weighted by Crippen LogP contribution is 2.69. The van der Waals surface area contributed by atoms with Crippen LogP contribution in [0.15, 0.2) is 70.2 Å². The third-order valence-corrected chi connectivity index (χ3v) is 8.21. The maximum atomic E-state index is 13.3. The molecule has 0 saturated carbocycles. The van der Waals surface area contributed by atoms with Crippen LogP contribution in [0.2, 0.25) is 0 Å². The third kappa shape index (κ3) is 1.58. The lowest BCUT2D eigenvalue weighted by atomic mass is 9.36. The Kier molecular flexibility index (Phi) is 2.94. The molecule has 2 aromatic carbocycles. The molecule has 0 spiro atoms. The molecule has 6 aliphatic rings. The van der Waals surface area contributed by atoms with Crippen molar-refractivity contribution in [3.8, 4) is 0 Å². The van der Waals surface area contributed by atoms with Crippen molar-refractivity contribution in [2.45, 2.75) is 30.2 Å². The molecule has 0 N–H and O–H groups in total. The van der Waals surface area contributed by atoms with Gasteiger partial charge in [0, 0.05) is 10.3 Å². The summed E-state index contributed by atoms with van der Waals surface area (Å²) in [6.45, 7) is 3.71. The first-order chi connectivity index (χ1) is 15.8. The van der Waals surface area contributed by atoms with Crippen molar-refractivity contribution in [1.29, 1.82) is 0 Å². The Bertz CT molecular complexity index is 1400. The molecule has 11 heteroatoms. The van der Waals surface area contributed by atoms with Gasteiger partial charge in [-0.05, 0) is 39.0 Å². The molecule has 0 unspecified atom stereocenters. The lowest BCUT2D eigenvalue weighted by Crippen LogP contribution is -2.78. The first kappa shape index (κ1) is 18.5. The monoisotopic (exact) mass is 445 g/mol. The van der Waals surface area contributed by atoms with Crippen molar-refractivity contribution < 1.29 is 19.7 Å². The molecule has 2 aliphatic heterocycles. The van der Waals surface area contributed by atoms with Gasteiger partial charge in [0.15, 0.2) is 15.8 Å². The zero-order valence-corrected chi connectivity index (χ0v) is 17.4. The molecule has 0 radical (unpaired) electrons. The fraction of sp³-hybridized carbons (Fsp3) is 0.273. The van der Waals surface area contributed by atoms with Crippen molar-refractivity contribution in [3.63, 3.8) is 0 Å². The zero-order chi connectivity index (χ0) is 22.9. The largest absolute Gasteiger partial charge is 0.722 e. The molecule has 0 fully saturated rings. The maximum absolute atomic E-state index is 13.3. The summed E-state index contributed by atoms with van der Waals surface area (Å²) in [6, 6.07) is 15.1. The molecule has 11 nitrogen and oxygen atoms in total. The molecular formula is C22H15N5O6. The quantitative estimate of drug-likeness (QED) is 0.487. The fourth-order valence-corrected chi connectivity index (χ4v) is 7.03. The smallest absolute Gasteiger partial charge is 0.336 e. The topological polar surface area (TPSA) is 133 Å². The molecule has 0 amide bonds. The Balaban J connectivity index is 1.75. The van der Waals surface area contributed by atoms with Gasteiger partial charge in [-0.25, -0.2) is 5.23 Å². The average molecular weight is 445 g/mol. The van der Waals surface area contributed by atoms with Crippen molar-refractivity contribution >= 4 is 11.4 Å². The lowest BCUT2D eigenvalue weighted by molar-refractivity contribution is -0.758. The maximum Gasteiger partial charge on any atom is 0.336 e. The Morgan fingerprint density at radius 1 is 1.03 bits per heavy atom. The van der Waals surface area contributed by atoms with E-state index in [1.54, 1.807) is 6.92 Å². The zero-order valence-electron chi connectivity index (χ0n) is 17.4. The van der Waals surface area contributed by atoms with Crippen molar-refractivity contribution in [3.05, 3.63) is 102 Å². The lowest BCUT2D eigenvalue weighted by Gasteiger charge is -2.61. The Labute approximate surface area is 185 Å². The summed E-state index contributed by atoms with van der Waals surface area (Å²) >= 11 is 0. The van der Waals surface area contributed by atoms with E-state index in [4.69, 9.17) is 9.88 Å². The minimum atomic E-state index is -1.99. The van der Waals surface area contributed by atoms with Crippen molar-refractivity contribution in [2.24, 2.45) is 16.2 Å². The summed E-state index contributed by atoms with van der Waals surface area (Å²) in [5, 5.41) is 33.9. The molecular weight excluding hydrogens is 430 g/mol. The number of nitrogens with zero attached hydrogens (tertiary/aromatic N) is 5. The summed E-state index contributed by atoms with van der Waals surface area (Å²) in [5.41, 5.74) is -1.67. The van der Waals surface area contributed by atoms with Crippen molar-refractivity contribution in [1.82, 2.24) is 5.23 Å².